The van der Waals surface area contributed by atoms with Crippen molar-refractivity contribution in [2.45, 2.75) is 19.6 Å². The summed E-state index contributed by atoms with van der Waals surface area (Å²) in [5, 5.41) is 14.5. The topological polar surface area (TPSA) is 83.5 Å². The van der Waals surface area contributed by atoms with Crippen molar-refractivity contribution in [1.82, 2.24) is 20.5 Å². The third kappa shape index (κ3) is 6.44. The first-order valence-corrected chi connectivity index (χ1v) is 13.9. The average Bonchev–Trinajstić information content (AvgIpc) is 3.04. The minimum absolute atomic E-state index is 0.259. The van der Waals surface area contributed by atoms with E-state index in [1.54, 1.807) is 0 Å². The quantitative estimate of drug-likeness (QED) is 0.281. The second-order valence-corrected chi connectivity index (χ2v) is 10.1. The molecule has 0 spiro atoms. The number of rotatable bonds is 8. The van der Waals surface area contributed by atoms with Crippen molar-refractivity contribution in [1.29, 1.82) is 0 Å². The van der Waals surface area contributed by atoms with Crippen LogP contribution in [0.2, 0.25) is 0 Å². The maximum absolute atomic E-state index is 12.1. The van der Waals surface area contributed by atoms with Gasteiger partial charge in [-0.1, -0.05) is 66.7 Å². The minimum atomic E-state index is -0.421. The van der Waals surface area contributed by atoms with Gasteiger partial charge in [-0.3, -0.25) is 4.98 Å². The Morgan fingerprint density at radius 2 is 1.39 bits per heavy atom. The molecule has 8 nitrogen and oxygen atoms in total. The number of fused-ring (bicyclic) bond motifs is 1. The molecule has 41 heavy (non-hydrogen) atoms. The van der Waals surface area contributed by atoms with Crippen molar-refractivity contribution in [2.75, 3.05) is 36.0 Å². The van der Waals surface area contributed by atoms with Crippen LogP contribution in [-0.4, -0.2) is 47.5 Å². The predicted molar refractivity (Wildman–Crippen MR) is 161 cm³/mol. The lowest BCUT2D eigenvalue weighted by Gasteiger charge is -2.37. The van der Waals surface area contributed by atoms with Crippen molar-refractivity contribution in [3.05, 3.63) is 126 Å². The molecule has 1 saturated heterocycles. The molecule has 2 aromatic heterocycles. The summed E-state index contributed by atoms with van der Waals surface area (Å²) >= 11 is 0. The number of nitrogens with one attached hydrogen (secondary N) is 1. The molecule has 0 radical (unpaired) electrons. The van der Waals surface area contributed by atoms with E-state index < -0.39 is 6.09 Å². The number of hydrogen-bond acceptors (Lipinski definition) is 7. The van der Waals surface area contributed by atoms with Gasteiger partial charge in [-0.15, -0.1) is 5.10 Å². The normalized spacial score (nSPS) is 13.3. The fraction of sp³-hybridized carbons (Fsp3) is 0.212. The monoisotopic (exact) mass is 544 g/mol. The second kappa shape index (κ2) is 12.5. The van der Waals surface area contributed by atoms with Gasteiger partial charge < -0.3 is 19.9 Å². The van der Waals surface area contributed by atoms with E-state index in [0.717, 1.165) is 66.0 Å². The number of piperazine rings is 1. The zero-order valence-corrected chi connectivity index (χ0v) is 22.8. The van der Waals surface area contributed by atoms with Crippen LogP contribution in [-0.2, 0) is 24.3 Å². The van der Waals surface area contributed by atoms with Crippen LogP contribution in [0.25, 0.3) is 10.8 Å². The molecule has 0 bridgehead atoms. The number of carbonyl (C=O) groups is 1. The van der Waals surface area contributed by atoms with Crippen molar-refractivity contribution in [3.63, 3.8) is 0 Å². The molecular weight excluding hydrogens is 512 g/mol. The Morgan fingerprint density at radius 1 is 0.707 bits per heavy atom. The summed E-state index contributed by atoms with van der Waals surface area (Å²) in [5.41, 5.74) is 5.31. The van der Waals surface area contributed by atoms with Gasteiger partial charge in [0.15, 0.2) is 5.82 Å². The number of nitrogens with zero attached hydrogens (tertiary/aromatic N) is 5. The third-order valence-corrected chi connectivity index (χ3v) is 7.40. The summed E-state index contributed by atoms with van der Waals surface area (Å²) in [7, 11) is 0. The van der Waals surface area contributed by atoms with Crippen molar-refractivity contribution in [2.24, 2.45) is 0 Å². The third-order valence-electron chi connectivity index (χ3n) is 7.40. The number of benzene rings is 3. The number of alkyl carbamates (subject to hydrolysis) is 1. The molecule has 1 aliphatic rings. The van der Waals surface area contributed by atoms with Gasteiger partial charge in [0.25, 0.3) is 0 Å². The average molecular weight is 545 g/mol. The number of hydrogen-bond donors (Lipinski definition) is 1. The van der Waals surface area contributed by atoms with Gasteiger partial charge in [0.1, 0.15) is 6.61 Å². The zero-order chi connectivity index (χ0) is 27.9. The molecule has 0 atom stereocenters. The highest BCUT2D eigenvalue weighted by molar-refractivity contribution is 5.93. The number of pyridine rings is 1. The van der Waals surface area contributed by atoms with E-state index in [0.29, 0.717) is 6.54 Å². The largest absolute Gasteiger partial charge is 0.445 e. The van der Waals surface area contributed by atoms with Gasteiger partial charge in [0.05, 0.1) is 5.69 Å². The van der Waals surface area contributed by atoms with Crippen LogP contribution < -0.4 is 15.1 Å². The summed E-state index contributed by atoms with van der Waals surface area (Å²) in [6.07, 6.45) is 3.93. The number of amides is 1. The zero-order valence-electron chi connectivity index (χ0n) is 22.8. The maximum Gasteiger partial charge on any atom is 0.407 e. The first-order valence-electron chi connectivity index (χ1n) is 13.9. The molecule has 6 rings (SSSR count). The standard InChI is InChI=1S/C33H32N6O2/c40-33(41-24-27-6-2-1-3-7-27)35-23-26-10-12-28(13-11-26)38-18-20-39(21-19-38)32-30-9-5-4-8-29(30)31(36-37-32)22-25-14-16-34-17-15-25/h1-17H,18-24H2,(H,35,40). The molecule has 1 fully saturated rings. The Balaban J connectivity index is 1.04. The molecule has 3 heterocycles. The van der Waals surface area contributed by atoms with E-state index in [1.165, 1.54) is 11.3 Å². The molecule has 1 aliphatic heterocycles. The molecule has 0 aliphatic carbocycles. The molecule has 0 saturated carbocycles. The Bertz CT molecular complexity index is 1590. The van der Waals surface area contributed by atoms with E-state index in [-0.39, 0.29) is 6.61 Å². The van der Waals surface area contributed by atoms with Crippen LogP contribution in [0.15, 0.2) is 103 Å². The van der Waals surface area contributed by atoms with Crippen LogP contribution in [0.1, 0.15) is 22.4 Å². The Kier molecular flexibility index (Phi) is 7.98. The summed E-state index contributed by atoms with van der Waals surface area (Å²) in [6.45, 7) is 4.17. The number of anilines is 2. The molecule has 3 aromatic carbocycles. The summed E-state index contributed by atoms with van der Waals surface area (Å²) in [5.74, 6) is 0.944. The van der Waals surface area contributed by atoms with Crippen molar-refractivity contribution < 1.29 is 9.53 Å². The predicted octanol–water partition coefficient (Wildman–Crippen LogP) is 5.37. The van der Waals surface area contributed by atoms with E-state index in [4.69, 9.17) is 9.84 Å². The fourth-order valence-corrected chi connectivity index (χ4v) is 5.15. The number of carbonyl (C=O) groups excluding carboxylic acids is 1. The van der Waals surface area contributed by atoms with Gasteiger partial charge >= 0.3 is 6.09 Å². The van der Waals surface area contributed by atoms with Gasteiger partial charge in [0, 0.05) is 68.0 Å². The van der Waals surface area contributed by atoms with Crippen LogP contribution in [0.4, 0.5) is 16.3 Å². The van der Waals surface area contributed by atoms with E-state index in [2.05, 4.69) is 73.7 Å². The summed E-state index contributed by atoms with van der Waals surface area (Å²) in [6, 6.07) is 30.5. The van der Waals surface area contributed by atoms with Crippen molar-refractivity contribution in [3.8, 4) is 0 Å². The first-order chi connectivity index (χ1) is 20.2. The highest BCUT2D eigenvalue weighted by atomic mass is 16.5. The molecule has 8 heteroatoms. The first kappa shape index (κ1) is 26.3. The molecule has 5 aromatic rings. The second-order valence-electron chi connectivity index (χ2n) is 10.1. The Morgan fingerprint density at radius 3 is 2.15 bits per heavy atom. The lowest BCUT2D eigenvalue weighted by Crippen LogP contribution is -2.47. The van der Waals surface area contributed by atoms with Gasteiger partial charge in [-0.2, -0.15) is 5.10 Å². The minimum Gasteiger partial charge on any atom is -0.445 e. The van der Waals surface area contributed by atoms with Gasteiger partial charge in [-0.25, -0.2) is 4.79 Å². The smallest absolute Gasteiger partial charge is 0.407 e. The maximum atomic E-state index is 12.1. The van der Waals surface area contributed by atoms with Crippen LogP contribution in [0.3, 0.4) is 0 Å². The van der Waals surface area contributed by atoms with Crippen LogP contribution >= 0.6 is 0 Å². The summed E-state index contributed by atoms with van der Waals surface area (Å²) in [4.78, 5) is 20.9. The highest BCUT2D eigenvalue weighted by Gasteiger charge is 2.21. The molecule has 206 valence electrons. The SMILES string of the molecule is O=C(NCc1ccc(N2CCN(c3nnc(Cc4ccncc4)c4ccccc34)CC2)cc1)OCc1ccccc1. The van der Waals surface area contributed by atoms with Gasteiger partial charge in [0.2, 0.25) is 0 Å². The highest BCUT2D eigenvalue weighted by Crippen LogP contribution is 2.28. The lowest BCUT2D eigenvalue weighted by molar-refractivity contribution is 0.139. The van der Waals surface area contributed by atoms with Crippen molar-refractivity contribution >= 4 is 28.4 Å². The molecule has 0 unspecified atom stereocenters. The van der Waals surface area contributed by atoms with Gasteiger partial charge in [-0.05, 0) is 41.0 Å². The van der Waals surface area contributed by atoms with Crippen LogP contribution in [0, 0.1) is 0 Å². The Hall–Kier alpha value is -4.98. The lowest BCUT2D eigenvalue weighted by atomic mass is 10.0. The number of aromatic nitrogens is 3. The number of ether oxygens (including phenoxy) is 1. The fourth-order valence-electron chi connectivity index (χ4n) is 5.15. The van der Waals surface area contributed by atoms with E-state index in [1.807, 2.05) is 54.9 Å². The molecule has 1 N–H and O–H groups in total. The Labute approximate surface area is 239 Å². The summed E-state index contributed by atoms with van der Waals surface area (Å²) < 4.78 is 5.30. The van der Waals surface area contributed by atoms with E-state index in [9.17, 15) is 4.79 Å². The van der Waals surface area contributed by atoms with E-state index >= 15 is 0 Å². The van der Waals surface area contributed by atoms with Crippen LogP contribution in [0.5, 0.6) is 0 Å². The molecular formula is C33H32N6O2. The molecule has 1 amide bonds.